The van der Waals surface area contributed by atoms with Gasteiger partial charge in [0.2, 0.25) is 0 Å². The Balaban J connectivity index is 1.86. The van der Waals surface area contributed by atoms with Crippen LogP contribution < -0.4 is 0 Å². The Labute approximate surface area is 148 Å². The zero-order valence-electron chi connectivity index (χ0n) is 13.0. The van der Waals surface area contributed by atoms with Crippen LogP contribution in [0.15, 0.2) is 42.9 Å². The predicted molar refractivity (Wildman–Crippen MR) is 91.0 cm³/mol. The molecule has 1 aliphatic heterocycles. The molecule has 4 rings (SSSR count). The first-order valence-corrected chi connectivity index (χ1v) is 8.18. The monoisotopic (exact) mass is 361 g/mol. The topological polar surface area (TPSA) is 101 Å². The van der Waals surface area contributed by atoms with Crippen LogP contribution in [-0.2, 0) is 4.74 Å². The quantitative estimate of drug-likeness (QED) is 0.651. The standard InChI is InChI=1S/C17H16ClN3O4/c18-10-6-21(17-15(24)14(23)11(7-22)25-17)16-12(10)13(19-8-20-16)9-4-2-1-3-5-9/h1-6,8,11,14-15,17,22-24H,7H2/t11-,14-,15-,17-/m1/s1. The van der Waals surface area contributed by atoms with Crippen LogP contribution in [0.5, 0.6) is 0 Å². The van der Waals surface area contributed by atoms with Crippen molar-refractivity contribution in [2.45, 2.75) is 24.5 Å². The van der Waals surface area contributed by atoms with E-state index in [1.54, 1.807) is 10.8 Å². The number of aliphatic hydroxyl groups excluding tert-OH is 3. The van der Waals surface area contributed by atoms with E-state index in [-0.39, 0.29) is 0 Å². The summed E-state index contributed by atoms with van der Waals surface area (Å²) in [6, 6.07) is 9.55. The molecule has 0 aliphatic carbocycles. The van der Waals surface area contributed by atoms with Crippen LogP contribution in [0.2, 0.25) is 5.02 Å². The molecule has 2 aromatic heterocycles. The third-order valence-electron chi connectivity index (χ3n) is 4.40. The van der Waals surface area contributed by atoms with Crippen LogP contribution in [0.1, 0.15) is 6.23 Å². The number of fused-ring (bicyclic) bond motifs is 1. The van der Waals surface area contributed by atoms with E-state index in [0.717, 1.165) is 5.56 Å². The van der Waals surface area contributed by atoms with Gasteiger partial charge in [0.05, 0.1) is 22.7 Å². The molecule has 7 nitrogen and oxygen atoms in total. The zero-order valence-corrected chi connectivity index (χ0v) is 13.8. The van der Waals surface area contributed by atoms with Gasteiger partial charge >= 0.3 is 0 Å². The normalized spacial score (nSPS) is 26.4. The van der Waals surface area contributed by atoms with E-state index in [4.69, 9.17) is 16.3 Å². The van der Waals surface area contributed by atoms with Gasteiger partial charge in [-0.25, -0.2) is 9.97 Å². The van der Waals surface area contributed by atoms with Crippen LogP contribution in [0.3, 0.4) is 0 Å². The molecule has 1 aliphatic rings. The molecule has 0 spiro atoms. The Hall–Kier alpha value is -2.03. The third-order valence-corrected chi connectivity index (χ3v) is 4.69. The highest BCUT2D eigenvalue weighted by atomic mass is 35.5. The maximum Gasteiger partial charge on any atom is 0.164 e. The molecule has 1 saturated heterocycles. The van der Waals surface area contributed by atoms with Crippen LogP contribution in [0.25, 0.3) is 22.3 Å². The van der Waals surface area contributed by atoms with Gasteiger partial charge in [0.1, 0.15) is 30.3 Å². The molecule has 0 radical (unpaired) electrons. The van der Waals surface area contributed by atoms with Crippen molar-refractivity contribution in [3.8, 4) is 11.3 Å². The predicted octanol–water partition coefficient (Wildman–Crippen LogP) is 1.36. The number of benzene rings is 1. The van der Waals surface area contributed by atoms with Gasteiger partial charge in [0, 0.05) is 11.8 Å². The van der Waals surface area contributed by atoms with E-state index in [2.05, 4.69) is 9.97 Å². The number of aromatic nitrogens is 3. The molecule has 3 N–H and O–H groups in total. The number of nitrogens with zero attached hydrogens (tertiary/aromatic N) is 3. The second-order valence-corrected chi connectivity index (χ2v) is 6.31. The van der Waals surface area contributed by atoms with Gasteiger partial charge < -0.3 is 24.6 Å². The van der Waals surface area contributed by atoms with Crippen molar-refractivity contribution >= 4 is 22.6 Å². The summed E-state index contributed by atoms with van der Waals surface area (Å²) in [6.45, 7) is -0.397. The smallest absolute Gasteiger partial charge is 0.164 e. The average molecular weight is 362 g/mol. The lowest BCUT2D eigenvalue weighted by molar-refractivity contribution is -0.0508. The summed E-state index contributed by atoms with van der Waals surface area (Å²) in [6.07, 6.45) is -1.17. The number of halogens is 1. The summed E-state index contributed by atoms with van der Waals surface area (Å²) in [4.78, 5) is 8.62. The minimum atomic E-state index is -1.21. The first-order chi connectivity index (χ1) is 12.1. The summed E-state index contributed by atoms with van der Waals surface area (Å²) in [5.41, 5.74) is 2.03. The molecule has 25 heavy (non-hydrogen) atoms. The lowest BCUT2D eigenvalue weighted by atomic mass is 10.1. The molecule has 8 heteroatoms. The molecule has 0 amide bonds. The average Bonchev–Trinajstić information content (AvgIpc) is 3.13. The Morgan fingerprint density at radius 1 is 1.12 bits per heavy atom. The molecule has 130 valence electrons. The van der Waals surface area contributed by atoms with Crippen LogP contribution in [0, 0.1) is 0 Å². The number of hydrogen-bond donors (Lipinski definition) is 3. The SMILES string of the molecule is OC[C@H]1O[C@@H](n2cc(Cl)c3c(-c4ccccc4)ncnc32)[C@H](O)[C@@H]1O. The van der Waals surface area contributed by atoms with E-state index in [1.807, 2.05) is 30.3 Å². The Morgan fingerprint density at radius 3 is 2.56 bits per heavy atom. The summed E-state index contributed by atoms with van der Waals surface area (Å²) in [5.74, 6) is 0. The number of hydrogen-bond acceptors (Lipinski definition) is 6. The van der Waals surface area contributed by atoms with Gasteiger partial charge in [-0.15, -0.1) is 0 Å². The van der Waals surface area contributed by atoms with Crippen molar-refractivity contribution < 1.29 is 20.1 Å². The number of aliphatic hydroxyl groups is 3. The molecule has 0 saturated carbocycles. The lowest BCUT2D eigenvalue weighted by Crippen LogP contribution is -2.33. The maximum atomic E-state index is 10.3. The van der Waals surface area contributed by atoms with Crippen molar-refractivity contribution in [2.24, 2.45) is 0 Å². The molecular weight excluding hydrogens is 346 g/mol. The number of ether oxygens (including phenoxy) is 1. The fourth-order valence-electron chi connectivity index (χ4n) is 3.16. The largest absolute Gasteiger partial charge is 0.394 e. The summed E-state index contributed by atoms with van der Waals surface area (Å²) >= 11 is 6.42. The number of rotatable bonds is 3. The van der Waals surface area contributed by atoms with Crippen molar-refractivity contribution in [1.29, 1.82) is 0 Å². The highest BCUT2D eigenvalue weighted by Crippen LogP contribution is 2.37. The van der Waals surface area contributed by atoms with Gasteiger partial charge in [-0.05, 0) is 0 Å². The molecule has 0 bridgehead atoms. The van der Waals surface area contributed by atoms with Crippen molar-refractivity contribution in [3.63, 3.8) is 0 Å². The van der Waals surface area contributed by atoms with E-state index in [0.29, 0.717) is 21.7 Å². The van der Waals surface area contributed by atoms with E-state index in [9.17, 15) is 15.3 Å². The van der Waals surface area contributed by atoms with Gasteiger partial charge in [-0.1, -0.05) is 41.9 Å². The highest BCUT2D eigenvalue weighted by Gasteiger charge is 2.44. The first-order valence-electron chi connectivity index (χ1n) is 7.80. The Bertz CT molecular complexity index is 902. The molecule has 3 aromatic rings. The Morgan fingerprint density at radius 2 is 1.88 bits per heavy atom. The second kappa shape index (κ2) is 6.36. The molecule has 3 heterocycles. The van der Waals surface area contributed by atoms with E-state index < -0.39 is 31.1 Å². The molecule has 1 fully saturated rings. The Kier molecular flexibility index (Phi) is 4.18. The van der Waals surface area contributed by atoms with Crippen molar-refractivity contribution in [1.82, 2.24) is 14.5 Å². The van der Waals surface area contributed by atoms with E-state index >= 15 is 0 Å². The van der Waals surface area contributed by atoms with Crippen LogP contribution in [-0.4, -0.2) is 54.8 Å². The molecule has 0 unspecified atom stereocenters. The van der Waals surface area contributed by atoms with Gasteiger partial charge in [-0.3, -0.25) is 0 Å². The third kappa shape index (κ3) is 2.61. The van der Waals surface area contributed by atoms with Crippen molar-refractivity contribution in [2.75, 3.05) is 6.61 Å². The fourth-order valence-corrected chi connectivity index (χ4v) is 3.44. The minimum Gasteiger partial charge on any atom is -0.394 e. The lowest BCUT2D eigenvalue weighted by Gasteiger charge is -2.17. The van der Waals surface area contributed by atoms with Crippen molar-refractivity contribution in [3.05, 3.63) is 47.9 Å². The fraction of sp³-hybridized carbons (Fsp3) is 0.294. The molecule has 1 aromatic carbocycles. The van der Waals surface area contributed by atoms with Gasteiger partial charge in [-0.2, -0.15) is 0 Å². The molecular formula is C17H16ClN3O4. The van der Waals surface area contributed by atoms with Crippen LogP contribution >= 0.6 is 11.6 Å². The summed E-state index contributed by atoms with van der Waals surface area (Å²) in [7, 11) is 0. The summed E-state index contributed by atoms with van der Waals surface area (Å²) in [5, 5.41) is 30.6. The van der Waals surface area contributed by atoms with Crippen LogP contribution in [0.4, 0.5) is 0 Å². The maximum absolute atomic E-state index is 10.3. The highest BCUT2D eigenvalue weighted by molar-refractivity contribution is 6.36. The second-order valence-electron chi connectivity index (χ2n) is 5.90. The molecule has 4 atom stereocenters. The zero-order chi connectivity index (χ0) is 17.6. The first kappa shape index (κ1) is 16.4. The van der Waals surface area contributed by atoms with Gasteiger partial charge in [0.15, 0.2) is 6.23 Å². The summed E-state index contributed by atoms with van der Waals surface area (Å²) < 4.78 is 7.15. The minimum absolute atomic E-state index is 0.397. The van der Waals surface area contributed by atoms with Gasteiger partial charge in [0.25, 0.3) is 0 Å². The van der Waals surface area contributed by atoms with E-state index in [1.165, 1.54) is 6.33 Å².